The summed E-state index contributed by atoms with van der Waals surface area (Å²) in [4.78, 5) is 45.1. The fourth-order valence-electron chi connectivity index (χ4n) is 3.19. The summed E-state index contributed by atoms with van der Waals surface area (Å²) in [6, 6.07) is 8.32. The molecule has 1 saturated heterocycles. The van der Waals surface area contributed by atoms with Crippen molar-refractivity contribution in [2.75, 3.05) is 12.3 Å². The number of anilines is 1. The highest BCUT2D eigenvalue weighted by Crippen LogP contribution is 2.36. The van der Waals surface area contributed by atoms with Crippen LogP contribution in [0.1, 0.15) is 26.5 Å². The summed E-state index contributed by atoms with van der Waals surface area (Å²) < 4.78 is 30.6. The number of benzene rings is 1. The van der Waals surface area contributed by atoms with Crippen LogP contribution in [0.3, 0.4) is 0 Å². The molecule has 0 amide bonds. The van der Waals surface area contributed by atoms with Crippen LogP contribution >= 0.6 is 8.18 Å². The zero-order chi connectivity index (χ0) is 24.8. The number of carboxylic acids is 1. The molecule has 34 heavy (non-hydrogen) atoms. The minimum atomic E-state index is -3.24. The second-order valence-electron chi connectivity index (χ2n) is 7.38. The van der Waals surface area contributed by atoms with E-state index in [1.54, 1.807) is 30.3 Å². The first kappa shape index (κ1) is 25.4. The third kappa shape index (κ3) is 6.41. The first-order valence-corrected chi connectivity index (χ1v) is 11.5. The predicted octanol–water partition coefficient (Wildman–Crippen LogP) is 1.22. The summed E-state index contributed by atoms with van der Waals surface area (Å²) >= 11 is 0. The maximum atomic E-state index is 12.9. The highest BCUT2D eigenvalue weighted by atomic mass is 31.1. The Morgan fingerprint density at radius 1 is 1.35 bits per heavy atom. The highest BCUT2D eigenvalue weighted by molar-refractivity contribution is 7.36. The summed E-state index contributed by atoms with van der Waals surface area (Å²) in [7, 11) is -3.24. The molecule has 14 heteroatoms. The molecular weight excluding hydrogens is 471 g/mol. The normalized spacial score (nSPS) is 21.7. The Hall–Kier alpha value is -3.25. The van der Waals surface area contributed by atoms with Crippen molar-refractivity contribution in [2.24, 2.45) is 0 Å². The monoisotopic (exact) mass is 496 g/mol. The number of aromatic nitrogens is 2. The molecule has 3 N–H and O–H groups in total. The van der Waals surface area contributed by atoms with Crippen molar-refractivity contribution in [1.82, 2.24) is 14.4 Å². The number of esters is 1. The Morgan fingerprint density at radius 3 is 2.68 bits per heavy atom. The van der Waals surface area contributed by atoms with Gasteiger partial charge in [-0.3, -0.25) is 18.7 Å². The van der Waals surface area contributed by atoms with Crippen molar-refractivity contribution in [3.05, 3.63) is 53.1 Å². The van der Waals surface area contributed by atoms with Gasteiger partial charge in [-0.25, -0.2) is 4.79 Å². The summed E-state index contributed by atoms with van der Waals surface area (Å²) in [5.74, 6) is -1.55. The Balaban J connectivity index is 1.72. The van der Waals surface area contributed by atoms with Gasteiger partial charge in [0.2, 0.25) is 0 Å². The summed E-state index contributed by atoms with van der Waals surface area (Å²) in [6.07, 6.45) is -1.05. The number of nitrogen functional groups attached to an aromatic ring is 1. The van der Waals surface area contributed by atoms with Gasteiger partial charge in [-0.15, -0.1) is 0 Å². The number of carbonyl (C=O) groups is 2. The van der Waals surface area contributed by atoms with Gasteiger partial charge in [0.1, 0.15) is 36.0 Å². The topological polar surface area (TPSA) is 173 Å². The van der Waals surface area contributed by atoms with Crippen LogP contribution in [0.4, 0.5) is 5.82 Å². The van der Waals surface area contributed by atoms with Crippen molar-refractivity contribution in [1.29, 1.82) is 0 Å². The van der Waals surface area contributed by atoms with Crippen molar-refractivity contribution in [3.8, 4) is 5.75 Å². The molecule has 1 fully saturated rings. The third-order valence-corrected chi connectivity index (χ3v) is 6.12. The summed E-state index contributed by atoms with van der Waals surface area (Å²) in [6.45, 7) is 2.18. The van der Waals surface area contributed by atoms with Crippen LogP contribution in [0.15, 0.2) is 47.4 Å². The quantitative estimate of drug-likeness (QED) is 0.274. The van der Waals surface area contributed by atoms with Gasteiger partial charge in [0.25, 0.3) is 8.18 Å². The first-order chi connectivity index (χ1) is 16.2. The number of aliphatic carboxylic acids is 1. The molecule has 1 aliphatic heterocycles. The van der Waals surface area contributed by atoms with Gasteiger partial charge in [-0.05, 0) is 25.1 Å². The van der Waals surface area contributed by atoms with Crippen LogP contribution in [0.5, 0.6) is 5.75 Å². The minimum absolute atomic E-state index is 0.0420. The maximum Gasteiger partial charge on any atom is 0.351 e. The third-order valence-electron chi connectivity index (χ3n) is 4.87. The van der Waals surface area contributed by atoms with E-state index in [2.05, 4.69) is 4.98 Å². The minimum Gasteiger partial charge on any atom is -0.480 e. The van der Waals surface area contributed by atoms with Gasteiger partial charge in [0.05, 0.1) is 6.61 Å². The molecule has 2 aromatic rings. The van der Waals surface area contributed by atoms with E-state index in [9.17, 15) is 24.1 Å². The fraction of sp³-hybridized carbons (Fsp3) is 0.400. The molecule has 0 radical (unpaired) electrons. The number of nitrogens with zero attached hydrogens (tertiary/aromatic N) is 3. The molecule has 3 rings (SSSR count). The fourth-order valence-corrected chi connectivity index (χ4v) is 4.23. The van der Waals surface area contributed by atoms with E-state index in [0.29, 0.717) is 0 Å². The molecule has 0 saturated carbocycles. The van der Waals surface area contributed by atoms with Crippen LogP contribution < -0.4 is 16.3 Å². The smallest absolute Gasteiger partial charge is 0.351 e. The molecule has 0 spiro atoms. The van der Waals surface area contributed by atoms with E-state index in [1.165, 1.54) is 30.7 Å². The van der Waals surface area contributed by atoms with Gasteiger partial charge in [-0.2, -0.15) is 4.98 Å². The standard InChI is InChI=1S/C20H25N4O9P/c1-12(19(26)27)24(33-14-6-4-3-5-7-14)34(29)30-11-16-15(31-13(2)25)10-18(32-16)23-9-8-17(21)22-20(23)28/h3-9,12,15-16,18,34H,10-11H2,1-2H3,(H,26,27)(H2,21,22,28)/t12?,15-,16+,18+/m0/s1. The van der Waals surface area contributed by atoms with E-state index in [1.807, 2.05) is 0 Å². The molecule has 5 atom stereocenters. The molecule has 0 bridgehead atoms. The predicted molar refractivity (Wildman–Crippen MR) is 118 cm³/mol. The van der Waals surface area contributed by atoms with E-state index in [0.717, 1.165) is 4.83 Å². The molecule has 2 unspecified atom stereocenters. The zero-order valence-electron chi connectivity index (χ0n) is 18.4. The van der Waals surface area contributed by atoms with Crippen LogP contribution in [0, 0.1) is 0 Å². The van der Waals surface area contributed by atoms with Gasteiger partial charge in [-0.1, -0.05) is 23.0 Å². The second kappa shape index (κ2) is 11.3. The van der Waals surface area contributed by atoms with Crippen LogP contribution in [-0.2, 0) is 28.2 Å². The molecule has 13 nitrogen and oxygen atoms in total. The average molecular weight is 496 g/mol. The number of carbonyl (C=O) groups excluding carboxylic acids is 1. The number of hydrogen-bond acceptors (Lipinski definition) is 10. The Kier molecular flexibility index (Phi) is 8.40. The van der Waals surface area contributed by atoms with E-state index in [-0.39, 0.29) is 24.6 Å². The number of hydroxylamine groups is 1. The maximum absolute atomic E-state index is 12.9. The van der Waals surface area contributed by atoms with Crippen molar-refractivity contribution >= 4 is 25.9 Å². The lowest BCUT2D eigenvalue weighted by Gasteiger charge is -2.26. The largest absolute Gasteiger partial charge is 0.480 e. The number of nitrogens with two attached hydrogens (primary N) is 1. The SMILES string of the molecule is CC(=O)O[C@H]1C[C@H](n2ccc(N)nc2=O)O[C@@H]1CO[PH](=O)N(Oc1ccccc1)C(C)C(=O)O. The molecule has 1 aliphatic rings. The van der Waals surface area contributed by atoms with Crippen LogP contribution in [-0.4, -0.2) is 56.3 Å². The molecule has 2 heterocycles. The van der Waals surface area contributed by atoms with E-state index >= 15 is 0 Å². The molecule has 0 aliphatic carbocycles. The number of para-hydroxylation sites is 1. The highest BCUT2D eigenvalue weighted by Gasteiger charge is 2.40. The lowest BCUT2D eigenvalue weighted by Crippen LogP contribution is -2.37. The Labute approximate surface area is 194 Å². The second-order valence-corrected chi connectivity index (χ2v) is 8.64. The Morgan fingerprint density at radius 2 is 2.06 bits per heavy atom. The van der Waals surface area contributed by atoms with E-state index < -0.39 is 50.3 Å². The van der Waals surface area contributed by atoms with Crippen molar-refractivity contribution < 1.29 is 38.1 Å². The van der Waals surface area contributed by atoms with Gasteiger partial charge < -0.3 is 29.7 Å². The zero-order valence-corrected chi connectivity index (χ0v) is 19.4. The number of ether oxygens (including phenoxy) is 2. The van der Waals surface area contributed by atoms with Crippen LogP contribution in [0.25, 0.3) is 0 Å². The van der Waals surface area contributed by atoms with Crippen molar-refractivity contribution in [3.63, 3.8) is 0 Å². The number of carboxylic acid groups (broad SMARTS) is 1. The lowest BCUT2D eigenvalue weighted by atomic mass is 10.2. The lowest BCUT2D eigenvalue weighted by molar-refractivity contribution is -0.151. The summed E-state index contributed by atoms with van der Waals surface area (Å²) in [5, 5.41) is 9.38. The van der Waals surface area contributed by atoms with E-state index in [4.69, 9.17) is 24.6 Å². The first-order valence-electron chi connectivity index (χ1n) is 10.2. The van der Waals surface area contributed by atoms with Crippen LogP contribution in [0.2, 0.25) is 0 Å². The Bertz CT molecular complexity index is 1100. The number of rotatable bonds is 10. The van der Waals surface area contributed by atoms with Gasteiger partial charge >= 0.3 is 17.6 Å². The molecular formula is C20H25N4O9P. The van der Waals surface area contributed by atoms with Gasteiger partial charge in [0.15, 0.2) is 0 Å². The summed E-state index contributed by atoms with van der Waals surface area (Å²) in [5.41, 5.74) is 4.86. The van der Waals surface area contributed by atoms with Crippen molar-refractivity contribution in [2.45, 2.75) is 44.7 Å². The molecule has 184 valence electrons. The number of hydrogen-bond donors (Lipinski definition) is 2. The molecule has 1 aromatic heterocycles. The van der Waals surface area contributed by atoms with Gasteiger partial charge in [0, 0.05) is 19.5 Å². The molecule has 1 aromatic carbocycles. The average Bonchev–Trinajstić information content (AvgIpc) is 3.17.